The highest BCUT2D eigenvalue weighted by atomic mass is 32.2. The minimum Gasteiger partial charge on any atom is -0.459 e. The lowest BCUT2D eigenvalue weighted by Gasteiger charge is -2.48. The molecule has 3 fully saturated rings. The molecule has 4 aliphatic rings. The van der Waals surface area contributed by atoms with Crippen LogP contribution in [0.2, 0.25) is 0 Å². The van der Waals surface area contributed by atoms with Crippen LogP contribution in [0.25, 0.3) is 22.6 Å². The Hall–Kier alpha value is -3.54. The zero-order chi connectivity index (χ0) is 56.3. The van der Waals surface area contributed by atoms with Gasteiger partial charge in [0, 0.05) is 84.9 Å². The van der Waals surface area contributed by atoms with Gasteiger partial charge in [0.05, 0.1) is 41.5 Å². The van der Waals surface area contributed by atoms with E-state index in [2.05, 4.69) is 17.4 Å². The number of hydrogen-bond donors (Lipinski definition) is 6. The molecule has 0 unspecified atom stereocenters. The van der Waals surface area contributed by atoms with Crippen LogP contribution in [0, 0.1) is 17.8 Å². The number of methoxy groups -OCH3 is 1. The van der Waals surface area contributed by atoms with Crippen molar-refractivity contribution >= 4 is 23.6 Å². The number of ether oxygens (including phenoxy) is 6. The van der Waals surface area contributed by atoms with Crippen molar-refractivity contribution in [1.82, 2.24) is 20.1 Å². The Balaban J connectivity index is 1.12. The van der Waals surface area contributed by atoms with Gasteiger partial charge in [-0.25, -0.2) is 4.98 Å². The maximum Gasteiger partial charge on any atom is 0.311 e. The van der Waals surface area contributed by atoms with E-state index in [4.69, 9.17) is 37.8 Å². The van der Waals surface area contributed by atoms with E-state index in [9.17, 15) is 35.1 Å². The second-order valence-corrected chi connectivity index (χ2v) is 24.4. The molecule has 18 atom stereocenters. The van der Waals surface area contributed by atoms with Gasteiger partial charge < -0.3 is 68.6 Å². The third-order valence-corrected chi connectivity index (χ3v) is 17.9. The molecule has 18 nitrogen and oxygen atoms in total. The van der Waals surface area contributed by atoms with Crippen LogP contribution in [0.1, 0.15) is 114 Å². The summed E-state index contributed by atoms with van der Waals surface area (Å²) in [7, 11) is 5.26. The molecule has 4 aliphatic heterocycles. The maximum atomic E-state index is 14.7. The first kappa shape index (κ1) is 61.1. The molecule has 2 aromatic carbocycles. The largest absolute Gasteiger partial charge is 0.459 e. The second kappa shape index (κ2) is 25.5. The molecular weight excluding hydrogens is 1010 g/mol. The summed E-state index contributed by atoms with van der Waals surface area (Å²) in [5.41, 5.74) is -2.00. The van der Waals surface area contributed by atoms with Gasteiger partial charge in [-0.3, -0.25) is 14.5 Å². The van der Waals surface area contributed by atoms with E-state index in [1.807, 2.05) is 88.0 Å². The summed E-state index contributed by atoms with van der Waals surface area (Å²) in [5.74, 6) is -1.95. The molecular formula is C58H88N4O14S. The van der Waals surface area contributed by atoms with Crippen molar-refractivity contribution in [3.63, 3.8) is 0 Å². The van der Waals surface area contributed by atoms with E-state index in [1.54, 1.807) is 46.4 Å². The highest BCUT2D eigenvalue weighted by Crippen LogP contribution is 2.48. The smallest absolute Gasteiger partial charge is 0.311 e. The summed E-state index contributed by atoms with van der Waals surface area (Å²) in [6, 6.07) is 15.1. The van der Waals surface area contributed by atoms with E-state index in [0.717, 1.165) is 26.6 Å². The van der Waals surface area contributed by atoms with Crippen molar-refractivity contribution in [1.29, 1.82) is 0 Å². The number of fused-ring (bicyclic) bond motifs is 5. The summed E-state index contributed by atoms with van der Waals surface area (Å²) in [6.45, 7) is 18.6. The van der Waals surface area contributed by atoms with E-state index in [0.29, 0.717) is 50.5 Å². The van der Waals surface area contributed by atoms with Crippen LogP contribution in [0.3, 0.4) is 0 Å². The van der Waals surface area contributed by atoms with Crippen LogP contribution >= 0.6 is 11.8 Å². The predicted octanol–water partition coefficient (Wildman–Crippen LogP) is 6.20. The Morgan fingerprint density at radius 1 is 0.922 bits per heavy atom. The molecule has 1 amide bonds. The number of aryl methyl sites for hydroxylation is 1. The molecule has 77 heavy (non-hydrogen) atoms. The standard InChI is InChI=1S/C58H88N4O14S/c1-14-43-58(10,69)51(65)36(6)62(27-19-26-59-44(63)24-25-45-60-47-38-20-15-17-22-41(38)77-42-23-18-16-21-39(42)50(47)74-45)31-32(2)29-56(8,68)53(76-55-48(64)40(61(11)12)28-33(3)71-55)34(4)49(35(5)54(67)73-43)75-46-30-57(9,70-13)52(66)37(7)72-46/h15-18,20-23,32-37,40,43,46,48-49,51-53,55,64-66,68-69H,14,19,24-31H2,1-13H3,(H,59,63)/t32-,33-,34+,35-,36-,37-,40+,43-,46-,48-,49+,51-,52+,53-,55+,56-,57-,58-/m1/s1. The van der Waals surface area contributed by atoms with E-state index in [-0.39, 0.29) is 49.7 Å². The van der Waals surface area contributed by atoms with Crippen molar-refractivity contribution in [2.45, 2.75) is 214 Å². The van der Waals surface area contributed by atoms with Crippen molar-refractivity contribution < 1.29 is 68.0 Å². The lowest BCUT2D eigenvalue weighted by Crippen LogP contribution is -2.60. The number of aliphatic hydroxyl groups is 5. The predicted molar refractivity (Wildman–Crippen MR) is 291 cm³/mol. The number of amides is 1. The molecule has 6 N–H and O–H groups in total. The van der Waals surface area contributed by atoms with Crippen molar-refractivity contribution in [3.05, 3.63) is 54.4 Å². The molecule has 3 saturated heterocycles. The fraction of sp³-hybridized carbons (Fsp3) is 0.707. The number of benzene rings is 2. The van der Waals surface area contributed by atoms with E-state index < -0.39 is 96.0 Å². The van der Waals surface area contributed by atoms with Crippen LogP contribution in [-0.2, 0) is 44.4 Å². The highest BCUT2D eigenvalue weighted by Gasteiger charge is 2.53. The van der Waals surface area contributed by atoms with Crippen molar-refractivity contribution in [3.8, 4) is 22.6 Å². The quantitative estimate of drug-likeness (QED) is 0.0610. The van der Waals surface area contributed by atoms with E-state index >= 15 is 0 Å². The fourth-order valence-electron chi connectivity index (χ4n) is 12.2. The SMILES string of the molecule is CC[C@H]1OC(=O)[C@H](C)[C@@H](O[C@@H]2C[C@@](C)(OC)[C@@H](O)[C@@H](C)O2)[C@H](C)[C@@H](O[C@@H]2O[C@H](C)C[C@H](N(C)C)[C@H]2O)[C@](C)(O)C[C@@H](C)CN(CCCNC(=O)CCc2nc3c(o2)-c2ccccc2Sc2ccccc2-3)[C@H](C)[C@@H](O)[C@]1(C)O. The van der Waals surface area contributed by atoms with Crippen molar-refractivity contribution in [2.24, 2.45) is 17.8 Å². The van der Waals surface area contributed by atoms with Crippen LogP contribution in [0.15, 0.2) is 62.7 Å². The number of nitrogens with zero attached hydrogens (tertiary/aromatic N) is 3. The molecule has 19 heteroatoms. The Labute approximate surface area is 459 Å². The van der Waals surface area contributed by atoms with Crippen LogP contribution in [-0.4, -0.2) is 183 Å². The zero-order valence-electron chi connectivity index (χ0n) is 47.5. The van der Waals surface area contributed by atoms with Crippen LogP contribution < -0.4 is 5.32 Å². The molecule has 0 saturated carbocycles. The lowest BCUT2D eigenvalue weighted by molar-refractivity contribution is -0.318. The summed E-state index contributed by atoms with van der Waals surface area (Å²) in [4.78, 5) is 39.1. The number of oxazole rings is 1. The first-order valence-corrected chi connectivity index (χ1v) is 28.5. The van der Waals surface area contributed by atoms with Gasteiger partial charge >= 0.3 is 5.97 Å². The number of aliphatic hydroxyl groups excluding tert-OH is 3. The number of likely N-dealkylation sites (N-methyl/N-ethyl adjacent to an activating group) is 1. The molecule has 7 rings (SSSR count). The Kier molecular flexibility index (Phi) is 20.2. The number of cyclic esters (lactones) is 1. The minimum absolute atomic E-state index is 0.0936. The van der Waals surface area contributed by atoms with Gasteiger partial charge in [0.15, 0.2) is 24.2 Å². The molecule has 1 aromatic heterocycles. The molecule has 3 aromatic rings. The Morgan fingerprint density at radius 3 is 2.25 bits per heavy atom. The number of rotatable bonds is 14. The first-order valence-electron chi connectivity index (χ1n) is 27.7. The number of nitrogens with one attached hydrogen (secondary N) is 1. The molecule has 0 radical (unpaired) electrons. The van der Waals surface area contributed by atoms with Crippen LogP contribution in [0.5, 0.6) is 0 Å². The number of hydrogen-bond acceptors (Lipinski definition) is 18. The summed E-state index contributed by atoms with van der Waals surface area (Å²) < 4.78 is 44.6. The third kappa shape index (κ3) is 13.8. The van der Waals surface area contributed by atoms with Gasteiger partial charge in [0.1, 0.15) is 35.7 Å². The molecule has 5 heterocycles. The van der Waals surface area contributed by atoms with Crippen molar-refractivity contribution in [2.75, 3.05) is 40.8 Å². The topological polar surface area (TPSA) is 235 Å². The third-order valence-electron chi connectivity index (χ3n) is 16.7. The number of esters is 1. The van der Waals surface area contributed by atoms with Crippen LogP contribution in [0.4, 0.5) is 0 Å². The first-order chi connectivity index (χ1) is 36.3. The Bertz CT molecular complexity index is 2380. The fourth-order valence-corrected chi connectivity index (χ4v) is 13.2. The van der Waals surface area contributed by atoms with Gasteiger partial charge in [0.25, 0.3) is 0 Å². The lowest BCUT2D eigenvalue weighted by atomic mass is 9.77. The highest BCUT2D eigenvalue weighted by molar-refractivity contribution is 7.99. The minimum atomic E-state index is -1.94. The van der Waals surface area contributed by atoms with Gasteiger partial charge in [-0.1, -0.05) is 68.9 Å². The van der Waals surface area contributed by atoms with E-state index in [1.165, 1.54) is 14.0 Å². The summed E-state index contributed by atoms with van der Waals surface area (Å²) in [5, 5.41) is 63.5. The molecule has 0 aliphatic carbocycles. The summed E-state index contributed by atoms with van der Waals surface area (Å²) in [6.07, 6.45) is -8.27. The number of carbonyl (C=O) groups is 2. The van der Waals surface area contributed by atoms with Gasteiger partial charge in [-0.15, -0.1) is 0 Å². The number of aromatic nitrogens is 1. The second-order valence-electron chi connectivity index (χ2n) is 23.3. The normalized spacial score (nSPS) is 37.6. The molecule has 0 spiro atoms. The van der Waals surface area contributed by atoms with Gasteiger partial charge in [0.2, 0.25) is 5.91 Å². The van der Waals surface area contributed by atoms with Gasteiger partial charge in [-0.2, -0.15) is 0 Å². The average molecular weight is 1100 g/mol. The Morgan fingerprint density at radius 2 is 1.58 bits per heavy atom. The average Bonchev–Trinajstić information content (AvgIpc) is 3.77. The molecule has 0 bridgehead atoms. The monoisotopic (exact) mass is 1100 g/mol. The zero-order valence-corrected chi connectivity index (χ0v) is 48.3. The maximum absolute atomic E-state index is 14.7. The number of carbonyl (C=O) groups excluding carboxylic acids is 2. The molecule has 430 valence electrons. The summed E-state index contributed by atoms with van der Waals surface area (Å²) >= 11 is 1.67. The van der Waals surface area contributed by atoms with Gasteiger partial charge in [-0.05, 0) is 106 Å².